The van der Waals surface area contributed by atoms with Crippen LogP contribution in [0.25, 0.3) is 0 Å². The molecule has 1 aliphatic carbocycles. The summed E-state index contributed by atoms with van der Waals surface area (Å²) in [5.41, 5.74) is 3.15. The van der Waals surface area contributed by atoms with Gasteiger partial charge in [0.05, 0.1) is 42.7 Å². The van der Waals surface area contributed by atoms with Crippen molar-refractivity contribution in [2.75, 3.05) is 14.2 Å². The fourth-order valence-electron chi connectivity index (χ4n) is 4.25. The number of aryl methyl sites for hydroxylation is 1. The van der Waals surface area contributed by atoms with Crippen molar-refractivity contribution in [1.29, 1.82) is 0 Å². The minimum absolute atomic E-state index is 0.0605. The number of carbonyl (C=O) groups excluding carboxylic acids is 2. The molecule has 0 amide bonds. The average Bonchev–Trinajstić information content (AvgIpc) is 2.81. The van der Waals surface area contributed by atoms with Crippen molar-refractivity contribution in [2.24, 2.45) is 0 Å². The maximum atomic E-state index is 13.6. The van der Waals surface area contributed by atoms with Crippen molar-refractivity contribution >= 4 is 22.0 Å². The molecule has 2 aromatic rings. The lowest BCUT2D eigenvalue weighted by Gasteiger charge is -2.40. The average molecular weight is 454 g/mol. The van der Waals surface area contributed by atoms with E-state index in [0.717, 1.165) is 16.7 Å². The molecule has 0 radical (unpaired) electrons. The van der Waals surface area contributed by atoms with E-state index < -0.39 is 27.9 Å². The van der Waals surface area contributed by atoms with Crippen LogP contribution in [0.3, 0.4) is 0 Å². The number of rotatable bonds is 4. The Labute approximate surface area is 187 Å². The summed E-state index contributed by atoms with van der Waals surface area (Å²) in [7, 11) is -1.44. The third kappa shape index (κ3) is 3.50. The highest BCUT2D eigenvalue weighted by Gasteiger charge is 2.44. The topological polar surface area (TPSA) is 90.0 Å². The zero-order valence-corrected chi connectivity index (χ0v) is 18.8. The Morgan fingerprint density at radius 3 is 2.28 bits per heavy atom. The summed E-state index contributed by atoms with van der Waals surface area (Å²) in [4.78, 5) is 25.5. The van der Waals surface area contributed by atoms with Gasteiger partial charge in [-0.05, 0) is 30.2 Å². The lowest BCUT2D eigenvalue weighted by atomic mass is 9.77. The summed E-state index contributed by atoms with van der Waals surface area (Å²) in [5.74, 6) is -2.10. The summed E-state index contributed by atoms with van der Waals surface area (Å²) >= 11 is 0. The summed E-state index contributed by atoms with van der Waals surface area (Å²) in [6.07, 6.45) is 1.75. The molecule has 0 fully saturated rings. The molecule has 0 spiro atoms. The summed E-state index contributed by atoms with van der Waals surface area (Å²) in [6, 6.07) is 13.9. The molecule has 166 valence electrons. The largest absolute Gasteiger partial charge is 0.466 e. The van der Waals surface area contributed by atoms with Crippen LogP contribution in [0, 0.1) is 6.92 Å². The van der Waals surface area contributed by atoms with Crippen LogP contribution < -0.4 is 0 Å². The lowest BCUT2D eigenvalue weighted by molar-refractivity contribution is -0.139. The van der Waals surface area contributed by atoms with Crippen molar-refractivity contribution < 1.29 is 27.5 Å². The molecular formula is C24H23NO6S. The number of carbonyl (C=O) groups is 2. The van der Waals surface area contributed by atoms with Crippen LogP contribution in [0.4, 0.5) is 0 Å². The van der Waals surface area contributed by atoms with Gasteiger partial charge in [0.2, 0.25) is 0 Å². The first-order valence-electron chi connectivity index (χ1n) is 10.1. The number of sulfonamides is 1. The highest BCUT2D eigenvalue weighted by atomic mass is 32.2. The zero-order valence-electron chi connectivity index (χ0n) is 18.0. The van der Waals surface area contributed by atoms with Crippen molar-refractivity contribution in [2.45, 2.75) is 30.7 Å². The minimum atomic E-state index is -3.92. The molecule has 7 nitrogen and oxygen atoms in total. The van der Waals surface area contributed by atoms with Crippen LogP contribution in [0.5, 0.6) is 0 Å². The molecule has 8 heteroatoms. The first kappa shape index (κ1) is 21.8. The highest BCUT2D eigenvalue weighted by Crippen LogP contribution is 2.47. The quantitative estimate of drug-likeness (QED) is 0.661. The van der Waals surface area contributed by atoms with Crippen LogP contribution in [0.2, 0.25) is 0 Å². The van der Waals surface area contributed by atoms with E-state index in [4.69, 9.17) is 9.47 Å². The molecule has 0 bridgehead atoms. The van der Waals surface area contributed by atoms with E-state index in [0.29, 0.717) is 5.70 Å². The summed E-state index contributed by atoms with van der Waals surface area (Å²) in [5, 5.41) is 0. The molecule has 1 aliphatic heterocycles. The van der Waals surface area contributed by atoms with Crippen molar-refractivity contribution in [1.82, 2.24) is 4.31 Å². The Balaban J connectivity index is 1.93. The van der Waals surface area contributed by atoms with Crippen LogP contribution >= 0.6 is 0 Å². The number of hydrogen-bond donors (Lipinski definition) is 0. The van der Waals surface area contributed by atoms with Crippen LogP contribution in [0.15, 0.2) is 76.3 Å². The summed E-state index contributed by atoms with van der Waals surface area (Å²) in [6.45, 7) is 2.01. The second-order valence-corrected chi connectivity index (χ2v) is 9.53. The Morgan fingerprint density at radius 1 is 0.969 bits per heavy atom. The molecular weight excluding hydrogens is 430 g/mol. The van der Waals surface area contributed by atoms with Crippen molar-refractivity contribution in [3.8, 4) is 0 Å². The number of benzene rings is 2. The molecule has 4 rings (SSSR count). The number of esters is 2. The fraction of sp³-hybridized carbons (Fsp3) is 0.250. The smallest absolute Gasteiger partial charge is 0.335 e. The van der Waals surface area contributed by atoms with Crippen molar-refractivity contribution in [3.05, 3.63) is 88.1 Å². The predicted octanol–water partition coefficient (Wildman–Crippen LogP) is 3.21. The van der Waals surface area contributed by atoms with Crippen LogP contribution in [-0.2, 0) is 35.6 Å². The molecule has 1 unspecified atom stereocenters. The van der Waals surface area contributed by atoms with Gasteiger partial charge < -0.3 is 9.47 Å². The number of allylic oxidation sites excluding steroid dienone is 2. The molecule has 32 heavy (non-hydrogen) atoms. The van der Waals surface area contributed by atoms with E-state index in [9.17, 15) is 18.0 Å². The van der Waals surface area contributed by atoms with Gasteiger partial charge in [0.15, 0.2) is 0 Å². The maximum Gasteiger partial charge on any atom is 0.335 e. The summed E-state index contributed by atoms with van der Waals surface area (Å²) < 4.78 is 38.5. The molecule has 0 saturated carbocycles. The van der Waals surface area contributed by atoms with Gasteiger partial charge in [-0.2, -0.15) is 0 Å². The number of methoxy groups -OCH3 is 2. The monoisotopic (exact) mass is 453 g/mol. The van der Waals surface area contributed by atoms with Crippen molar-refractivity contribution in [3.63, 3.8) is 0 Å². The van der Waals surface area contributed by atoms with E-state index in [1.165, 1.54) is 18.5 Å². The molecule has 2 aromatic carbocycles. The van der Waals surface area contributed by atoms with Gasteiger partial charge in [0.1, 0.15) is 0 Å². The van der Waals surface area contributed by atoms with E-state index in [-0.39, 0.29) is 29.0 Å². The van der Waals surface area contributed by atoms with E-state index >= 15 is 0 Å². The Hall–Kier alpha value is -3.39. The van der Waals surface area contributed by atoms with Gasteiger partial charge >= 0.3 is 11.9 Å². The number of nitrogens with zero attached hydrogens (tertiary/aromatic N) is 1. The van der Waals surface area contributed by atoms with E-state index in [1.54, 1.807) is 30.3 Å². The van der Waals surface area contributed by atoms with E-state index in [2.05, 4.69) is 0 Å². The minimum Gasteiger partial charge on any atom is -0.466 e. The van der Waals surface area contributed by atoms with Gasteiger partial charge in [-0.25, -0.2) is 18.0 Å². The van der Waals surface area contributed by atoms with Crippen LogP contribution in [0.1, 0.15) is 29.0 Å². The molecule has 1 heterocycles. The standard InChI is InChI=1S/C24H23NO6S/c1-15-8-10-17(11-9-15)32(28,29)25-14-16-6-4-5-7-18(16)21-20(25)13-12-19(23(26)30-2)22(21)24(27)31-3/h4-11,13,21H,12,14H2,1-3H3. The Morgan fingerprint density at radius 2 is 1.62 bits per heavy atom. The van der Waals surface area contributed by atoms with Gasteiger partial charge in [0.25, 0.3) is 10.0 Å². The first-order chi connectivity index (χ1) is 15.3. The van der Waals surface area contributed by atoms with Gasteiger partial charge in [-0.15, -0.1) is 0 Å². The first-order valence-corrected chi connectivity index (χ1v) is 11.5. The highest BCUT2D eigenvalue weighted by molar-refractivity contribution is 7.89. The third-order valence-electron chi connectivity index (χ3n) is 5.84. The maximum absolute atomic E-state index is 13.6. The second-order valence-electron chi connectivity index (χ2n) is 7.67. The molecule has 0 N–H and O–H groups in total. The second kappa shape index (κ2) is 8.27. The SMILES string of the molecule is COC(=O)C1=C(C(=O)OC)C2C(=CC1)N(S(=O)(=O)c1ccc(C)cc1)Cc1ccccc12. The third-order valence-corrected chi connectivity index (χ3v) is 7.63. The number of hydrogen-bond acceptors (Lipinski definition) is 6. The molecule has 0 aromatic heterocycles. The molecule has 1 atom stereocenters. The Bertz CT molecular complexity index is 1260. The predicted molar refractivity (Wildman–Crippen MR) is 117 cm³/mol. The molecule has 2 aliphatic rings. The fourth-order valence-corrected chi connectivity index (χ4v) is 5.75. The van der Waals surface area contributed by atoms with Gasteiger partial charge in [-0.1, -0.05) is 48.0 Å². The molecule has 0 saturated heterocycles. The van der Waals surface area contributed by atoms with Crippen LogP contribution in [-0.4, -0.2) is 38.9 Å². The Kier molecular flexibility index (Phi) is 5.64. The zero-order chi connectivity index (χ0) is 23.0. The lowest BCUT2D eigenvalue weighted by Crippen LogP contribution is -2.40. The number of ether oxygens (including phenoxy) is 2. The normalized spacial score (nSPS) is 17.8. The van der Waals surface area contributed by atoms with E-state index in [1.807, 2.05) is 31.2 Å². The van der Waals surface area contributed by atoms with Gasteiger partial charge in [0, 0.05) is 12.1 Å². The number of fused-ring (bicyclic) bond motifs is 3. The van der Waals surface area contributed by atoms with Gasteiger partial charge in [-0.3, -0.25) is 4.31 Å².